The largest absolute Gasteiger partial charge is 0.508 e. The van der Waals surface area contributed by atoms with Crippen LogP contribution in [0.15, 0.2) is 54.6 Å². The summed E-state index contributed by atoms with van der Waals surface area (Å²) in [6, 6.07) is 14.2. The molecule has 2 aromatic rings. The second-order valence-corrected chi connectivity index (χ2v) is 11.5. The number of thioether (sulfide) groups is 3. The molecule has 3 N–H and O–H groups in total. The molecule has 3 rings (SSSR count). The molecule has 0 unspecified atom stereocenters. The molecule has 0 bridgehead atoms. The molecule has 0 saturated carbocycles. The number of hydrogen-bond donors (Lipinski definition) is 3. The van der Waals surface area contributed by atoms with E-state index in [9.17, 15) is 29.4 Å². The summed E-state index contributed by atoms with van der Waals surface area (Å²) in [6.45, 7) is 1.42. The number of nitrogens with one attached hydrogen (secondary N) is 1. The second kappa shape index (κ2) is 13.6. The van der Waals surface area contributed by atoms with Crippen molar-refractivity contribution >= 4 is 58.2 Å². The Kier molecular flexibility index (Phi) is 10.6. The Morgan fingerprint density at radius 2 is 1.81 bits per heavy atom. The number of amides is 2. The summed E-state index contributed by atoms with van der Waals surface area (Å²) in [6.07, 6.45) is 0.0357. The number of carboxylic acids is 1. The number of aromatic hydroxyl groups is 1. The maximum absolute atomic E-state index is 13.2. The van der Waals surface area contributed by atoms with E-state index in [0.717, 1.165) is 17.3 Å². The highest BCUT2D eigenvalue weighted by atomic mass is 32.2. The fourth-order valence-electron chi connectivity index (χ4n) is 3.67. The van der Waals surface area contributed by atoms with E-state index >= 15 is 0 Å². The third-order valence-corrected chi connectivity index (χ3v) is 8.65. The molecular weight excluding hydrogens is 520 g/mol. The van der Waals surface area contributed by atoms with Crippen molar-refractivity contribution in [1.82, 2.24) is 10.2 Å². The summed E-state index contributed by atoms with van der Waals surface area (Å²) in [4.78, 5) is 51.0. The Labute approximate surface area is 222 Å². The van der Waals surface area contributed by atoms with Crippen molar-refractivity contribution in [3.8, 4) is 5.75 Å². The Hall–Kier alpha value is -2.63. The minimum Gasteiger partial charge on any atom is -0.508 e. The van der Waals surface area contributed by atoms with Gasteiger partial charge < -0.3 is 20.4 Å². The lowest BCUT2D eigenvalue weighted by Crippen LogP contribution is -2.53. The summed E-state index contributed by atoms with van der Waals surface area (Å²) in [5.74, 6) is -0.746. The van der Waals surface area contributed by atoms with Crippen molar-refractivity contribution in [2.75, 3.05) is 17.3 Å². The Balaban J connectivity index is 1.72. The number of para-hydroxylation sites is 1. The molecule has 0 aliphatic carbocycles. The van der Waals surface area contributed by atoms with Crippen LogP contribution in [0.3, 0.4) is 0 Å². The van der Waals surface area contributed by atoms with Gasteiger partial charge >= 0.3 is 5.97 Å². The maximum Gasteiger partial charge on any atom is 0.327 e. The number of phenolic OH excluding ortho intramolecular Hbond substituents is 1. The third-order valence-electron chi connectivity index (χ3n) is 5.43. The molecule has 0 spiro atoms. The SMILES string of the molecule is CC(=O)SCCC(=O)N1[C@@H](c2ccccc2O)SC[C@H]1C(=O)N[C@@H](CSCc1ccccc1)C(=O)O. The lowest BCUT2D eigenvalue weighted by Gasteiger charge is -2.30. The molecule has 0 radical (unpaired) electrons. The summed E-state index contributed by atoms with van der Waals surface area (Å²) >= 11 is 3.76. The van der Waals surface area contributed by atoms with Crippen LogP contribution in [0.25, 0.3) is 0 Å². The molecule has 1 aliphatic rings. The number of benzene rings is 2. The van der Waals surface area contributed by atoms with Gasteiger partial charge in [-0.3, -0.25) is 14.4 Å². The molecule has 0 aromatic heterocycles. The van der Waals surface area contributed by atoms with Crippen molar-refractivity contribution in [2.45, 2.75) is 36.6 Å². The van der Waals surface area contributed by atoms with Gasteiger partial charge in [-0.2, -0.15) is 11.8 Å². The summed E-state index contributed by atoms with van der Waals surface area (Å²) in [5.41, 5.74) is 1.55. The highest BCUT2D eigenvalue weighted by Gasteiger charge is 2.43. The van der Waals surface area contributed by atoms with E-state index in [2.05, 4.69) is 5.32 Å². The minimum absolute atomic E-state index is 0.00712. The molecule has 192 valence electrons. The molecule has 1 aliphatic heterocycles. The second-order valence-electron chi connectivity index (χ2n) is 8.05. The zero-order chi connectivity index (χ0) is 26.1. The molecular formula is C25H28N2O6S3. The fourth-order valence-corrected chi connectivity index (χ4v) is 6.72. The van der Waals surface area contributed by atoms with Crippen molar-refractivity contribution in [3.63, 3.8) is 0 Å². The van der Waals surface area contributed by atoms with Crippen LogP contribution in [0.5, 0.6) is 5.75 Å². The van der Waals surface area contributed by atoms with Crippen molar-refractivity contribution < 1.29 is 29.4 Å². The van der Waals surface area contributed by atoms with Crippen LogP contribution < -0.4 is 5.32 Å². The fraction of sp³-hybridized carbons (Fsp3) is 0.360. The van der Waals surface area contributed by atoms with Gasteiger partial charge in [-0.1, -0.05) is 60.3 Å². The lowest BCUT2D eigenvalue weighted by molar-refractivity contribution is -0.143. The molecule has 3 atom stereocenters. The van der Waals surface area contributed by atoms with Crippen LogP contribution in [0.1, 0.15) is 29.8 Å². The number of nitrogens with zero attached hydrogens (tertiary/aromatic N) is 1. The molecule has 2 aromatic carbocycles. The number of carboxylic acid groups (broad SMARTS) is 1. The smallest absolute Gasteiger partial charge is 0.327 e. The summed E-state index contributed by atoms with van der Waals surface area (Å²) in [7, 11) is 0. The molecule has 1 saturated heterocycles. The normalized spacial score (nSPS) is 18.0. The number of carbonyl (C=O) groups is 4. The quantitative estimate of drug-likeness (QED) is 0.387. The predicted octanol–water partition coefficient (Wildman–Crippen LogP) is 3.51. The van der Waals surface area contributed by atoms with Gasteiger partial charge in [-0.25, -0.2) is 4.79 Å². The Bertz CT molecular complexity index is 1080. The van der Waals surface area contributed by atoms with Gasteiger partial charge in [0.2, 0.25) is 11.8 Å². The molecule has 1 fully saturated rings. The van der Waals surface area contributed by atoms with E-state index in [4.69, 9.17) is 0 Å². The highest BCUT2D eigenvalue weighted by Crippen LogP contribution is 2.44. The highest BCUT2D eigenvalue weighted by molar-refractivity contribution is 8.13. The van der Waals surface area contributed by atoms with E-state index in [0.29, 0.717) is 11.3 Å². The van der Waals surface area contributed by atoms with Crippen LogP contribution in [-0.2, 0) is 24.9 Å². The van der Waals surface area contributed by atoms with Crippen LogP contribution >= 0.6 is 35.3 Å². The van der Waals surface area contributed by atoms with Gasteiger partial charge in [0.15, 0.2) is 5.12 Å². The zero-order valence-corrected chi connectivity index (χ0v) is 22.1. The van der Waals surface area contributed by atoms with E-state index < -0.39 is 29.3 Å². The zero-order valence-electron chi connectivity index (χ0n) is 19.7. The van der Waals surface area contributed by atoms with E-state index in [1.807, 2.05) is 30.3 Å². The first-order valence-electron chi connectivity index (χ1n) is 11.3. The molecule has 2 amide bonds. The lowest BCUT2D eigenvalue weighted by atomic mass is 10.1. The molecule has 8 nitrogen and oxygen atoms in total. The minimum atomic E-state index is -1.15. The van der Waals surface area contributed by atoms with Crippen LogP contribution in [0.2, 0.25) is 0 Å². The van der Waals surface area contributed by atoms with Crippen LogP contribution in [0, 0.1) is 0 Å². The third kappa shape index (κ3) is 7.68. The Morgan fingerprint density at radius 1 is 1.11 bits per heavy atom. The topological polar surface area (TPSA) is 124 Å². The van der Waals surface area contributed by atoms with Crippen molar-refractivity contribution in [2.24, 2.45) is 0 Å². The molecule has 36 heavy (non-hydrogen) atoms. The number of aliphatic carboxylic acids is 1. The average molecular weight is 549 g/mol. The predicted molar refractivity (Wildman–Crippen MR) is 144 cm³/mol. The van der Waals surface area contributed by atoms with Crippen LogP contribution in [-0.4, -0.2) is 67.4 Å². The van der Waals surface area contributed by atoms with Crippen molar-refractivity contribution in [1.29, 1.82) is 0 Å². The first-order valence-corrected chi connectivity index (χ1v) is 14.5. The average Bonchev–Trinajstić information content (AvgIpc) is 3.29. The van der Waals surface area contributed by atoms with Crippen molar-refractivity contribution in [3.05, 3.63) is 65.7 Å². The van der Waals surface area contributed by atoms with Crippen LogP contribution in [0.4, 0.5) is 0 Å². The molecule has 11 heteroatoms. The summed E-state index contributed by atoms with van der Waals surface area (Å²) < 4.78 is 0. The standard InChI is InChI=1S/C25H28N2O6S3/c1-16(28)35-12-11-22(30)27-20(15-36-24(27)18-9-5-6-10-21(18)29)23(31)26-19(25(32)33)14-34-13-17-7-3-2-4-8-17/h2-10,19-20,24,29H,11-15H2,1H3,(H,26,31)(H,32,33)/t19-,20-,24+/m0/s1. The van der Waals surface area contributed by atoms with E-state index in [1.165, 1.54) is 41.4 Å². The first kappa shape index (κ1) is 27.9. The number of phenols is 1. The number of carbonyl (C=O) groups excluding carboxylic acids is 3. The van der Waals surface area contributed by atoms with E-state index in [1.54, 1.807) is 18.2 Å². The Morgan fingerprint density at radius 3 is 2.47 bits per heavy atom. The van der Waals surface area contributed by atoms with Gasteiger partial charge in [0.05, 0.1) is 0 Å². The number of rotatable bonds is 11. The number of hydrogen-bond acceptors (Lipinski definition) is 8. The van der Waals surface area contributed by atoms with E-state index in [-0.39, 0.29) is 40.5 Å². The summed E-state index contributed by atoms with van der Waals surface area (Å²) in [5, 5.41) is 22.0. The first-order chi connectivity index (χ1) is 17.3. The van der Waals surface area contributed by atoms with Gasteiger partial charge in [0, 0.05) is 41.9 Å². The maximum atomic E-state index is 13.2. The monoisotopic (exact) mass is 548 g/mol. The molecule has 1 heterocycles. The van der Waals surface area contributed by atoms with Gasteiger partial charge in [0.25, 0.3) is 0 Å². The van der Waals surface area contributed by atoms with Gasteiger partial charge in [-0.05, 0) is 11.6 Å². The van der Waals surface area contributed by atoms with Gasteiger partial charge in [-0.15, -0.1) is 11.8 Å². The van der Waals surface area contributed by atoms with Gasteiger partial charge in [0.1, 0.15) is 23.2 Å².